The van der Waals surface area contributed by atoms with Gasteiger partial charge in [0, 0.05) is 43.2 Å². The summed E-state index contributed by atoms with van der Waals surface area (Å²) in [7, 11) is 0. The van der Waals surface area contributed by atoms with Crippen molar-refractivity contribution in [3.63, 3.8) is 0 Å². The number of benzene rings is 2. The summed E-state index contributed by atoms with van der Waals surface area (Å²) in [6, 6.07) is 20.1. The van der Waals surface area contributed by atoms with Gasteiger partial charge in [-0.15, -0.1) is 0 Å². The highest BCUT2D eigenvalue weighted by Gasteiger charge is 2.43. The Hall–Kier alpha value is -3.45. The molecule has 2 aromatic carbocycles. The van der Waals surface area contributed by atoms with Crippen LogP contribution >= 0.6 is 0 Å². The van der Waals surface area contributed by atoms with E-state index >= 15 is 0 Å². The Morgan fingerprint density at radius 1 is 1.03 bits per heavy atom. The third-order valence-electron chi connectivity index (χ3n) is 7.62. The molecule has 1 N–H and O–H groups in total. The first-order valence-electron chi connectivity index (χ1n) is 12.2. The smallest absolute Gasteiger partial charge is 0.132 e. The van der Waals surface area contributed by atoms with Crippen molar-refractivity contribution >= 4 is 16.7 Å². The standard InChI is InChI=1S/C27H28N6O/c1-27(9-10-27)34-21-7-8-23-22(12-21)26(31-30-23)24-13-25(29-17-28-24)33-16-19-11-20(33)15-32(19)14-18-5-3-2-4-6-18/h2-8,12-13,17,19-20H,9-11,14-16H2,1H3,(H,30,31)/t19-,20-/m0/s1. The molecule has 0 amide bonds. The number of likely N-dealkylation sites (tertiary alicyclic amines) is 1. The Bertz CT molecular complexity index is 1350. The molecule has 2 aromatic heterocycles. The lowest BCUT2D eigenvalue weighted by atomic mass is 10.1. The van der Waals surface area contributed by atoms with Gasteiger partial charge in [0.25, 0.3) is 0 Å². The monoisotopic (exact) mass is 452 g/mol. The molecule has 0 unspecified atom stereocenters. The Balaban J connectivity index is 1.12. The van der Waals surface area contributed by atoms with Gasteiger partial charge in [-0.3, -0.25) is 10.00 Å². The van der Waals surface area contributed by atoms with Gasteiger partial charge in [0.1, 0.15) is 29.2 Å². The molecule has 0 spiro atoms. The first-order chi connectivity index (χ1) is 16.6. The molecule has 3 aliphatic rings. The normalized spacial score (nSPS) is 23.0. The van der Waals surface area contributed by atoms with E-state index in [1.165, 1.54) is 12.0 Å². The second kappa shape index (κ2) is 7.53. The van der Waals surface area contributed by atoms with E-state index in [1.54, 1.807) is 6.33 Å². The van der Waals surface area contributed by atoms with Crippen molar-refractivity contribution in [1.29, 1.82) is 0 Å². The minimum atomic E-state index is -0.0108. The molecule has 3 fully saturated rings. The van der Waals surface area contributed by atoms with Crippen LogP contribution in [0.4, 0.5) is 5.82 Å². The van der Waals surface area contributed by atoms with E-state index in [0.29, 0.717) is 12.1 Å². The SMILES string of the molecule is CC1(Oc2ccc3[nH]nc(-c4cc(N5C[C@@H]6C[C@H]5CN6Cc5ccccc5)ncn4)c3c2)CC1. The lowest BCUT2D eigenvalue weighted by Crippen LogP contribution is -2.46. The van der Waals surface area contributed by atoms with E-state index in [-0.39, 0.29) is 5.60 Å². The molecule has 1 aliphatic carbocycles. The first kappa shape index (κ1) is 20.0. The second-order valence-corrected chi connectivity index (χ2v) is 10.2. The molecule has 2 saturated heterocycles. The summed E-state index contributed by atoms with van der Waals surface area (Å²) >= 11 is 0. The molecule has 172 valence electrons. The highest BCUT2D eigenvalue weighted by Crippen LogP contribution is 2.41. The number of H-pyrrole nitrogens is 1. The van der Waals surface area contributed by atoms with Crippen molar-refractivity contribution in [3.05, 3.63) is 66.5 Å². The van der Waals surface area contributed by atoms with Crippen LogP contribution in [0.3, 0.4) is 0 Å². The van der Waals surface area contributed by atoms with Gasteiger partial charge in [-0.2, -0.15) is 5.10 Å². The highest BCUT2D eigenvalue weighted by atomic mass is 16.5. The van der Waals surface area contributed by atoms with Crippen LogP contribution in [-0.2, 0) is 6.54 Å². The van der Waals surface area contributed by atoms with Gasteiger partial charge in [0.15, 0.2) is 0 Å². The number of ether oxygens (including phenoxy) is 1. The predicted octanol–water partition coefficient (Wildman–Crippen LogP) is 4.41. The molecule has 7 heteroatoms. The number of nitrogens with one attached hydrogen (secondary N) is 1. The second-order valence-electron chi connectivity index (χ2n) is 10.2. The van der Waals surface area contributed by atoms with E-state index < -0.39 is 0 Å². The number of anilines is 1. The van der Waals surface area contributed by atoms with Gasteiger partial charge in [0.05, 0.1) is 11.2 Å². The largest absolute Gasteiger partial charge is 0.488 e. The molecular weight excluding hydrogens is 424 g/mol. The molecule has 7 rings (SSSR count). The zero-order valence-electron chi connectivity index (χ0n) is 19.3. The minimum absolute atomic E-state index is 0.0108. The first-order valence-corrected chi connectivity index (χ1v) is 12.2. The number of aromatic nitrogens is 4. The third kappa shape index (κ3) is 3.51. The van der Waals surface area contributed by atoms with Gasteiger partial charge in [-0.1, -0.05) is 30.3 Å². The van der Waals surface area contributed by atoms with Crippen molar-refractivity contribution in [2.45, 2.75) is 50.4 Å². The fourth-order valence-corrected chi connectivity index (χ4v) is 5.49. The fourth-order valence-electron chi connectivity index (χ4n) is 5.49. The van der Waals surface area contributed by atoms with E-state index in [9.17, 15) is 0 Å². The summed E-state index contributed by atoms with van der Waals surface area (Å²) in [5.74, 6) is 1.88. The number of piperazine rings is 1. The minimum Gasteiger partial charge on any atom is -0.488 e. The molecule has 4 aromatic rings. The summed E-state index contributed by atoms with van der Waals surface area (Å²) in [6.45, 7) is 5.26. The Kier molecular flexibility index (Phi) is 4.42. The molecule has 0 radical (unpaired) electrons. The van der Waals surface area contributed by atoms with Crippen LogP contribution in [0.25, 0.3) is 22.3 Å². The Morgan fingerprint density at radius 3 is 2.71 bits per heavy atom. The lowest BCUT2D eigenvalue weighted by molar-refractivity contribution is 0.200. The number of nitrogens with zero attached hydrogens (tertiary/aromatic N) is 5. The molecule has 7 nitrogen and oxygen atoms in total. The van der Waals surface area contributed by atoms with Crippen LogP contribution < -0.4 is 9.64 Å². The van der Waals surface area contributed by atoms with E-state index in [1.807, 2.05) is 12.1 Å². The van der Waals surface area contributed by atoms with Crippen LogP contribution in [0.15, 0.2) is 60.9 Å². The highest BCUT2D eigenvalue weighted by molar-refractivity contribution is 5.93. The molecule has 2 atom stereocenters. The van der Waals surface area contributed by atoms with Crippen molar-refractivity contribution in [3.8, 4) is 17.1 Å². The van der Waals surface area contributed by atoms with E-state index in [4.69, 9.17) is 4.74 Å². The summed E-state index contributed by atoms with van der Waals surface area (Å²) in [5.41, 5.74) is 4.05. The van der Waals surface area contributed by atoms with Crippen molar-refractivity contribution in [2.24, 2.45) is 0 Å². The molecule has 34 heavy (non-hydrogen) atoms. The summed E-state index contributed by atoms with van der Waals surface area (Å²) in [6.07, 6.45) is 5.08. The number of fused-ring (bicyclic) bond motifs is 3. The summed E-state index contributed by atoms with van der Waals surface area (Å²) in [5, 5.41) is 8.78. The van der Waals surface area contributed by atoms with Crippen LogP contribution in [0.5, 0.6) is 5.75 Å². The Labute approximate surface area is 198 Å². The maximum atomic E-state index is 6.18. The average Bonchev–Trinajstić information content (AvgIpc) is 3.21. The van der Waals surface area contributed by atoms with Crippen molar-refractivity contribution in [2.75, 3.05) is 18.0 Å². The van der Waals surface area contributed by atoms with Gasteiger partial charge in [0.2, 0.25) is 0 Å². The molecule has 2 bridgehead atoms. The quantitative estimate of drug-likeness (QED) is 0.467. The number of hydrogen-bond donors (Lipinski definition) is 1. The maximum absolute atomic E-state index is 6.18. The molecule has 2 aliphatic heterocycles. The van der Waals surface area contributed by atoms with Gasteiger partial charge < -0.3 is 9.64 Å². The third-order valence-corrected chi connectivity index (χ3v) is 7.62. The maximum Gasteiger partial charge on any atom is 0.132 e. The summed E-state index contributed by atoms with van der Waals surface area (Å²) in [4.78, 5) is 14.3. The van der Waals surface area contributed by atoms with Crippen molar-refractivity contribution in [1.82, 2.24) is 25.1 Å². The number of hydrogen-bond acceptors (Lipinski definition) is 6. The van der Waals surface area contributed by atoms with Crippen LogP contribution in [0.1, 0.15) is 31.7 Å². The fraction of sp³-hybridized carbons (Fsp3) is 0.370. The van der Waals surface area contributed by atoms with E-state index in [2.05, 4.69) is 79.4 Å². The van der Waals surface area contributed by atoms with Gasteiger partial charge in [-0.25, -0.2) is 9.97 Å². The van der Waals surface area contributed by atoms with Crippen molar-refractivity contribution < 1.29 is 4.74 Å². The predicted molar refractivity (Wildman–Crippen MR) is 132 cm³/mol. The molecular formula is C27H28N6O. The van der Waals surface area contributed by atoms with Crippen LogP contribution in [-0.4, -0.2) is 55.8 Å². The van der Waals surface area contributed by atoms with Gasteiger partial charge in [-0.05, 0) is 49.9 Å². The topological polar surface area (TPSA) is 70.2 Å². The average molecular weight is 453 g/mol. The van der Waals surface area contributed by atoms with Gasteiger partial charge >= 0.3 is 0 Å². The zero-order chi connectivity index (χ0) is 22.7. The molecule has 4 heterocycles. The van der Waals surface area contributed by atoms with E-state index in [0.717, 1.165) is 66.3 Å². The van der Waals surface area contributed by atoms with Crippen LogP contribution in [0.2, 0.25) is 0 Å². The lowest BCUT2D eigenvalue weighted by Gasteiger charge is -2.35. The number of aromatic amines is 1. The van der Waals surface area contributed by atoms with Crippen LogP contribution in [0, 0.1) is 0 Å². The molecule has 1 saturated carbocycles. The zero-order valence-corrected chi connectivity index (χ0v) is 19.3. The summed E-state index contributed by atoms with van der Waals surface area (Å²) < 4.78 is 6.18. The Morgan fingerprint density at radius 2 is 1.91 bits per heavy atom. The number of rotatable bonds is 6.